The molecule has 1 heteroatoms. The fraction of sp³-hybridized carbons (Fsp3) is 1.00. The van der Waals surface area contributed by atoms with Gasteiger partial charge in [-0.3, -0.25) is 0 Å². The van der Waals surface area contributed by atoms with Crippen molar-refractivity contribution in [3.05, 3.63) is 0 Å². The van der Waals surface area contributed by atoms with Crippen LogP contribution in [0.5, 0.6) is 0 Å². The lowest BCUT2D eigenvalue weighted by Gasteiger charge is -2.18. The molecule has 1 N–H and O–H groups in total. The Morgan fingerprint density at radius 1 is 0.867 bits per heavy atom. The summed E-state index contributed by atoms with van der Waals surface area (Å²) in [6.07, 6.45) is 12.1. The second kappa shape index (κ2) is 4.45. The first-order valence-corrected chi connectivity index (χ1v) is 7.14. The first kappa shape index (κ1) is 10.1. The van der Waals surface area contributed by atoms with Crippen LogP contribution in [0, 0.1) is 23.7 Å². The highest BCUT2D eigenvalue weighted by molar-refractivity contribution is 4.92. The van der Waals surface area contributed by atoms with Gasteiger partial charge in [0.2, 0.25) is 0 Å². The van der Waals surface area contributed by atoms with Crippen LogP contribution in [0.1, 0.15) is 51.4 Å². The van der Waals surface area contributed by atoms with Crippen LogP contribution in [0.25, 0.3) is 0 Å². The lowest BCUT2D eigenvalue weighted by molar-refractivity contribution is 0.361. The van der Waals surface area contributed by atoms with Gasteiger partial charge in [0.25, 0.3) is 0 Å². The molecule has 0 unspecified atom stereocenters. The Hall–Kier alpha value is -0.0400. The third kappa shape index (κ3) is 2.75. The van der Waals surface area contributed by atoms with E-state index in [0.29, 0.717) is 0 Å². The largest absolute Gasteiger partial charge is 0.316 e. The number of rotatable bonds is 6. The number of nitrogens with one attached hydrogen (secondary N) is 1. The molecule has 0 aromatic rings. The van der Waals surface area contributed by atoms with Crippen molar-refractivity contribution in [2.45, 2.75) is 51.4 Å². The molecule has 3 fully saturated rings. The average molecular weight is 207 g/mol. The van der Waals surface area contributed by atoms with Crippen molar-refractivity contribution in [2.24, 2.45) is 23.7 Å². The molecule has 0 aliphatic heterocycles. The summed E-state index contributed by atoms with van der Waals surface area (Å²) in [4.78, 5) is 0. The molecule has 0 saturated heterocycles. The van der Waals surface area contributed by atoms with Crippen LogP contribution in [0.4, 0.5) is 0 Å². The van der Waals surface area contributed by atoms with Crippen molar-refractivity contribution in [2.75, 3.05) is 13.1 Å². The summed E-state index contributed by atoms with van der Waals surface area (Å²) in [5.74, 6) is 4.32. The lowest BCUT2D eigenvalue weighted by atomic mass is 9.97. The van der Waals surface area contributed by atoms with Crippen molar-refractivity contribution >= 4 is 0 Å². The quantitative estimate of drug-likeness (QED) is 0.705. The zero-order chi connectivity index (χ0) is 10.1. The summed E-state index contributed by atoms with van der Waals surface area (Å²) in [7, 11) is 0. The Morgan fingerprint density at radius 2 is 1.47 bits per heavy atom. The smallest absolute Gasteiger partial charge is 0.00151 e. The van der Waals surface area contributed by atoms with Crippen molar-refractivity contribution in [1.82, 2.24) is 5.32 Å². The minimum absolute atomic E-state index is 1.02. The van der Waals surface area contributed by atoms with E-state index in [0.717, 1.165) is 23.7 Å². The topological polar surface area (TPSA) is 12.0 Å². The predicted molar refractivity (Wildman–Crippen MR) is 63.8 cm³/mol. The number of hydrogen-bond acceptors (Lipinski definition) is 1. The van der Waals surface area contributed by atoms with E-state index in [1.54, 1.807) is 0 Å². The zero-order valence-corrected chi connectivity index (χ0v) is 9.88. The molecule has 0 bridgehead atoms. The van der Waals surface area contributed by atoms with Crippen molar-refractivity contribution in [3.63, 3.8) is 0 Å². The Kier molecular flexibility index (Phi) is 3.01. The van der Waals surface area contributed by atoms with Gasteiger partial charge in [0.05, 0.1) is 0 Å². The highest BCUT2D eigenvalue weighted by Crippen LogP contribution is 2.48. The maximum absolute atomic E-state index is 3.77. The predicted octanol–water partition coefficient (Wildman–Crippen LogP) is 3.20. The molecule has 0 amide bonds. The van der Waals surface area contributed by atoms with Crippen LogP contribution in [0.2, 0.25) is 0 Å². The van der Waals surface area contributed by atoms with E-state index < -0.39 is 0 Å². The molecule has 0 spiro atoms. The van der Waals surface area contributed by atoms with Gasteiger partial charge >= 0.3 is 0 Å². The molecular formula is C14H25N. The standard InChI is InChI=1S/C14H25N/c1-2-4-11(3-1)9-15-10-14(12-5-6-12)13-7-8-13/h11-15H,1-10H2. The zero-order valence-electron chi connectivity index (χ0n) is 9.88. The molecule has 0 aromatic carbocycles. The summed E-state index contributed by atoms with van der Waals surface area (Å²) in [5, 5.41) is 3.77. The van der Waals surface area contributed by atoms with Crippen molar-refractivity contribution in [1.29, 1.82) is 0 Å². The second-order valence-corrected chi connectivity index (χ2v) is 6.15. The fourth-order valence-corrected chi connectivity index (χ4v) is 3.44. The van der Waals surface area contributed by atoms with Crippen LogP contribution in [0.3, 0.4) is 0 Å². The van der Waals surface area contributed by atoms with Gasteiger partial charge in [0.15, 0.2) is 0 Å². The van der Waals surface area contributed by atoms with E-state index in [1.165, 1.54) is 64.5 Å². The van der Waals surface area contributed by atoms with Gasteiger partial charge in [0.1, 0.15) is 0 Å². The molecule has 0 aromatic heterocycles. The van der Waals surface area contributed by atoms with Crippen LogP contribution in [-0.4, -0.2) is 13.1 Å². The molecule has 0 heterocycles. The molecule has 3 rings (SSSR count). The highest BCUT2D eigenvalue weighted by Gasteiger charge is 2.40. The minimum atomic E-state index is 1.02. The maximum Gasteiger partial charge on any atom is -0.00151 e. The Labute approximate surface area is 94.0 Å². The first-order valence-electron chi connectivity index (χ1n) is 7.14. The monoisotopic (exact) mass is 207 g/mol. The normalized spacial score (nSPS) is 27.8. The third-order valence-corrected chi connectivity index (χ3v) is 4.74. The molecule has 15 heavy (non-hydrogen) atoms. The van der Waals surface area contributed by atoms with Crippen molar-refractivity contribution < 1.29 is 0 Å². The van der Waals surface area contributed by atoms with E-state index in [4.69, 9.17) is 0 Å². The molecule has 3 aliphatic carbocycles. The van der Waals surface area contributed by atoms with Crippen molar-refractivity contribution in [3.8, 4) is 0 Å². The van der Waals surface area contributed by atoms with E-state index in [-0.39, 0.29) is 0 Å². The van der Waals surface area contributed by atoms with Gasteiger partial charge in [-0.25, -0.2) is 0 Å². The van der Waals surface area contributed by atoms with E-state index in [2.05, 4.69) is 5.32 Å². The Balaban J connectivity index is 1.36. The molecule has 3 saturated carbocycles. The third-order valence-electron chi connectivity index (χ3n) is 4.74. The van der Waals surface area contributed by atoms with Gasteiger partial charge in [0, 0.05) is 0 Å². The summed E-state index contributed by atoms with van der Waals surface area (Å²) in [6.45, 7) is 2.65. The molecule has 3 aliphatic rings. The summed E-state index contributed by atoms with van der Waals surface area (Å²) in [5.41, 5.74) is 0. The van der Waals surface area contributed by atoms with Crippen LogP contribution in [0.15, 0.2) is 0 Å². The van der Waals surface area contributed by atoms with Gasteiger partial charge in [-0.1, -0.05) is 12.8 Å². The Morgan fingerprint density at radius 3 is 2.00 bits per heavy atom. The van der Waals surface area contributed by atoms with E-state index in [9.17, 15) is 0 Å². The molecule has 0 radical (unpaired) electrons. The fourth-order valence-electron chi connectivity index (χ4n) is 3.44. The van der Waals surface area contributed by atoms with E-state index >= 15 is 0 Å². The molecular weight excluding hydrogens is 182 g/mol. The minimum Gasteiger partial charge on any atom is -0.316 e. The average Bonchev–Trinajstić information content (AvgIpc) is 3.15. The first-order chi connectivity index (χ1) is 7.43. The van der Waals surface area contributed by atoms with Crippen LogP contribution >= 0.6 is 0 Å². The van der Waals surface area contributed by atoms with Crippen LogP contribution in [-0.2, 0) is 0 Å². The lowest BCUT2D eigenvalue weighted by Crippen LogP contribution is -2.29. The molecule has 86 valence electrons. The van der Waals surface area contributed by atoms with Crippen LogP contribution < -0.4 is 5.32 Å². The van der Waals surface area contributed by atoms with Gasteiger partial charge in [-0.15, -0.1) is 0 Å². The maximum atomic E-state index is 3.77. The highest BCUT2D eigenvalue weighted by atomic mass is 14.9. The summed E-state index contributed by atoms with van der Waals surface area (Å²) < 4.78 is 0. The second-order valence-electron chi connectivity index (χ2n) is 6.15. The molecule has 0 atom stereocenters. The van der Waals surface area contributed by atoms with Gasteiger partial charge < -0.3 is 5.32 Å². The Bertz CT molecular complexity index is 187. The van der Waals surface area contributed by atoms with Gasteiger partial charge in [-0.2, -0.15) is 0 Å². The SMILES string of the molecule is C1CCC(CNCC(C2CC2)C2CC2)C1. The van der Waals surface area contributed by atoms with E-state index in [1.807, 2.05) is 0 Å². The van der Waals surface area contributed by atoms with Gasteiger partial charge in [-0.05, 0) is 75.3 Å². The number of hydrogen-bond donors (Lipinski definition) is 1. The summed E-state index contributed by atoms with van der Waals surface area (Å²) in [6, 6.07) is 0. The molecule has 1 nitrogen and oxygen atoms in total. The summed E-state index contributed by atoms with van der Waals surface area (Å²) >= 11 is 0.